The zero-order valence-corrected chi connectivity index (χ0v) is 13.1. The Labute approximate surface area is 137 Å². The summed E-state index contributed by atoms with van der Waals surface area (Å²) in [5.41, 5.74) is 1.35. The summed E-state index contributed by atoms with van der Waals surface area (Å²) in [7, 11) is 0. The number of fused-ring (bicyclic) bond motifs is 1. The van der Waals surface area contributed by atoms with Gasteiger partial charge in [-0.25, -0.2) is 4.79 Å². The number of hydrogen-bond acceptors (Lipinski definition) is 4. The molecule has 0 bridgehead atoms. The van der Waals surface area contributed by atoms with Crippen molar-refractivity contribution < 1.29 is 27.8 Å². The molecule has 1 aromatic rings. The summed E-state index contributed by atoms with van der Waals surface area (Å²) in [5, 5.41) is 7.98. The molecule has 0 aromatic heterocycles. The smallest absolute Gasteiger partial charge is 0.345 e. The van der Waals surface area contributed by atoms with Crippen LogP contribution in [-0.2, 0) is 9.53 Å². The van der Waals surface area contributed by atoms with Crippen LogP contribution in [0, 0.1) is 0 Å². The van der Waals surface area contributed by atoms with Gasteiger partial charge >= 0.3 is 12.6 Å². The first-order valence-electron chi connectivity index (χ1n) is 7.46. The van der Waals surface area contributed by atoms with Crippen molar-refractivity contribution in [2.24, 2.45) is 0 Å². The van der Waals surface area contributed by atoms with Crippen LogP contribution in [0.5, 0.6) is 5.75 Å². The van der Waals surface area contributed by atoms with Gasteiger partial charge in [0.25, 0.3) is 5.91 Å². The number of carbonyl (C=O) groups excluding carboxylic acids is 2. The summed E-state index contributed by atoms with van der Waals surface area (Å²) in [6, 6.07) is 4.51. The second kappa shape index (κ2) is 8.44. The second-order valence-corrected chi connectivity index (χ2v) is 5.20. The number of carbonyl (C=O) groups is 2. The number of rotatable bonds is 7. The Morgan fingerprint density at radius 1 is 1.46 bits per heavy atom. The number of nitrogens with one attached hydrogen (secondary N) is 3. The molecule has 24 heavy (non-hydrogen) atoms. The van der Waals surface area contributed by atoms with Crippen LogP contribution in [-0.4, -0.2) is 38.3 Å². The van der Waals surface area contributed by atoms with Gasteiger partial charge in [-0.1, -0.05) is 6.07 Å². The highest BCUT2D eigenvalue weighted by Gasteiger charge is 2.18. The van der Waals surface area contributed by atoms with E-state index in [2.05, 4.69) is 20.7 Å². The fraction of sp³-hybridized carbons (Fsp3) is 0.467. The van der Waals surface area contributed by atoms with Gasteiger partial charge in [0, 0.05) is 6.54 Å². The van der Waals surface area contributed by atoms with Gasteiger partial charge in [0.2, 0.25) is 0 Å². The molecule has 1 aliphatic heterocycles. The highest BCUT2D eigenvalue weighted by Crippen LogP contribution is 2.30. The van der Waals surface area contributed by atoms with E-state index >= 15 is 0 Å². The van der Waals surface area contributed by atoms with Crippen molar-refractivity contribution in [1.82, 2.24) is 10.6 Å². The van der Waals surface area contributed by atoms with Crippen LogP contribution in [0.3, 0.4) is 0 Å². The van der Waals surface area contributed by atoms with E-state index in [1.165, 1.54) is 0 Å². The zero-order chi connectivity index (χ0) is 17.5. The second-order valence-electron chi connectivity index (χ2n) is 5.20. The van der Waals surface area contributed by atoms with E-state index in [0.717, 1.165) is 5.56 Å². The minimum atomic E-state index is -2.80. The van der Waals surface area contributed by atoms with Crippen LogP contribution >= 0.6 is 0 Å². The molecule has 1 unspecified atom stereocenters. The minimum Gasteiger partial charge on any atom is -0.482 e. The molecule has 1 aliphatic rings. The molecule has 2 rings (SSSR count). The number of benzene rings is 1. The molecule has 3 N–H and O–H groups in total. The lowest BCUT2D eigenvalue weighted by Gasteiger charge is -2.21. The van der Waals surface area contributed by atoms with Gasteiger partial charge < -0.3 is 25.4 Å². The normalized spacial score (nSPS) is 14.4. The van der Waals surface area contributed by atoms with Crippen LogP contribution in [0.15, 0.2) is 18.2 Å². The van der Waals surface area contributed by atoms with Gasteiger partial charge in [0.1, 0.15) is 5.75 Å². The van der Waals surface area contributed by atoms with Crippen molar-refractivity contribution in [3.05, 3.63) is 23.8 Å². The number of amides is 3. The SMILES string of the molecule is CC(NC(=O)NCCCOC(F)F)c1ccc2c(c1)NC(=O)CO2. The Balaban J connectivity index is 1.79. The van der Waals surface area contributed by atoms with Crippen LogP contribution in [0.4, 0.5) is 19.3 Å². The quantitative estimate of drug-likeness (QED) is 0.661. The van der Waals surface area contributed by atoms with Gasteiger partial charge in [-0.15, -0.1) is 0 Å². The van der Waals surface area contributed by atoms with Gasteiger partial charge in [-0.3, -0.25) is 4.79 Å². The van der Waals surface area contributed by atoms with Gasteiger partial charge in [-0.2, -0.15) is 8.78 Å². The van der Waals surface area contributed by atoms with Crippen molar-refractivity contribution in [3.8, 4) is 5.75 Å². The molecule has 0 spiro atoms. The van der Waals surface area contributed by atoms with E-state index in [1.807, 2.05) is 0 Å². The summed E-state index contributed by atoms with van der Waals surface area (Å²) in [4.78, 5) is 23.1. The molecule has 9 heteroatoms. The Morgan fingerprint density at radius 2 is 2.25 bits per heavy atom. The van der Waals surface area contributed by atoms with E-state index < -0.39 is 12.6 Å². The molecule has 3 amide bonds. The number of ether oxygens (including phenoxy) is 2. The highest BCUT2D eigenvalue weighted by atomic mass is 19.3. The molecule has 0 saturated heterocycles. The van der Waals surface area contributed by atoms with Gasteiger partial charge in [0.15, 0.2) is 6.61 Å². The number of halogens is 2. The molecule has 1 atom stereocenters. The Kier molecular flexibility index (Phi) is 6.30. The maximum absolute atomic E-state index is 11.8. The molecule has 0 saturated carbocycles. The van der Waals surface area contributed by atoms with Crippen molar-refractivity contribution in [1.29, 1.82) is 0 Å². The Bertz CT molecular complexity index is 598. The first-order chi connectivity index (χ1) is 11.5. The van der Waals surface area contributed by atoms with Crippen LogP contribution < -0.4 is 20.7 Å². The van der Waals surface area contributed by atoms with Crippen molar-refractivity contribution in [2.45, 2.75) is 26.0 Å². The maximum Gasteiger partial charge on any atom is 0.345 e. The van der Waals surface area contributed by atoms with Crippen LogP contribution in [0.25, 0.3) is 0 Å². The van der Waals surface area contributed by atoms with E-state index in [0.29, 0.717) is 11.4 Å². The van der Waals surface area contributed by atoms with Crippen LogP contribution in [0.1, 0.15) is 24.9 Å². The number of hydrogen-bond donors (Lipinski definition) is 3. The fourth-order valence-electron chi connectivity index (χ4n) is 2.15. The standard InChI is InChI=1S/C15H19F2N3O4/c1-9(19-15(22)18-5-2-6-23-14(16)17)10-3-4-12-11(7-10)20-13(21)8-24-12/h3-4,7,9,14H,2,5-6,8H2,1H3,(H,20,21)(H2,18,19,22). The predicted octanol–water partition coefficient (Wildman–Crippen LogP) is 2.01. The first kappa shape index (κ1) is 17.9. The van der Waals surface area contributed by atoms with Crippen molar-refractivity contribution in [3.63, 3.8) is 0 Å². The molecular weight excluding hydrogens is 324 g/mol. The molecule has 0 aliphatic carbocycles. The monoisotopic (exact) mass is 343 g/mol. The molecular formula is C15H19F2N3O4. The van der Waals surface area contributed by atoms with Gasteiger partial charge in [0.05, 0.1) is 18.3 Å². The molecule has 7 nitrogen and oxygen atoms in total. The fourth-order valence-corrected chi connectivity index (χ4v) is 2.15. The summed E-state index contributed by atoms with van der Waals surface area (Å²) < 4.78 is 32.9. The third kappa shape index (κ3) is 5.34. The lowest BCUT2D eigenvalue weighted by molar-refractivity contribution is -0.128. The molecule has 1 aromatic carbocycles. The predicted molar refractivity (Wildman–Crippen MR) is 82.1 cm³/mol. The third-order valence-electron chi connectivity index (χ3n) is 3.33. The van der Waals surface area contributed by atoms with Gasteiger partial charge in [-0.05, 0) is 31.0 Å². The van der Waals surface area contributed by atoms with E-state index in [-0.39, 0.29) is 38.1 Å². The number of alkyl halides is 2. The summed E-state index contributed by atoms with van der Waals surface area (Å²) in [6.45, 7) is -0.936. The summed E-state index contributed by atoms with van der Waals surface area (Å²) >= 11 is 0. The van der Waals surface area contributed by atoms with E-state index in [9.17, 15) is 18.4 Å². The lowest BCUT2D eigenvalue weighted by atomic mass is 10.1. The highest BCUT2D eigenvalue weighted by molar-refractivity contribution is 5.95. The van der Waals surface area contributed by atoms with Crippen molar-refractivity contribution >= 4 is 17.6 Å². The first-order valence-corrected chi connectivity index (χ1v) is 7.46. The number of urea groups is 1. The Morgan fingerprint density at radius 3 is 3.00 bits per heavy atom. The topological polar surface area (TPSA) is 88.7 Å². The third-order valence-corrected chi connectivity index (χ3v) is 3.33. The molecule has 0 radical (unpaired) electrons. The largest absolute Gasteiger partial charge is 0.482 e. The Hall–Kier alpha value is -2.42. The number of anilines is 1. The lowest BCUT2D eigenvalue weighted by Crippen LogP contribution is -2.37. The average Bonchev–Trinajstić information content (AvgIpc) is 2.53. The summed E-state index contributed by atoms with van der Waals surface area (Å²) in [6.07, 6.45) is 0.286. The average molecular weight is 343 g/mol. The zero-order valence-electron chi connectivity index (χ0n) is 13.1. The van der Waals surface area contributed by atoms with Crippen molar-refractivity contribution in [2.75, 3.05) is 25.1 Å². The maximum atomic E-state index is 11.8. The molecule has 132 valence electrons. The van der Waals surface area contributed by atoms with Crippen LogP contribution in [0.2, 0.25) is 0 Å². The molecule has 1 heterocycles. The summed E-state index contributed by atoms with van der Waals surface area (Å²) in [5.74, 6) is 0.345. The minimum absolute atomic E-state index is 0.0160. The van der Waals surface area contributed by atoms with E-state index in [4.69, 9.17) is 4.74 Å². The molecule has 0 fully saturated rings. The van der Waals surface area contributed by atoms with E-state index in [1.54, 1.807) is 25.1 Å².